The number of H-pyrrole nitrogens is 1. The summed E-state index contributed by atoms with van der Waals surface area (Å²) in [4.78, 5) is 55.9. The number of aromatic amines is 1. The molecule has 224 valence electrons. The second-order valence-electron chi connectivity index (χ2n) is 10.8. The third-order valence-corrected chi connectivity index (χ3v) is 8.23. The maximum atomic E-state index is 12.4. The van der Waals surface area contributed by atoms with E-state index in [1.54, 1.807) is 25.2 Å². The summed E-state index contributed by atoms with van der Waals surface area (Å²) in [6.45, 7) is 14.9. The van der Waals surface area contributed by atoms with E-state index in [1.165, 1.54) is 0 Å². The molecule has 0 bridgehead atoms. The molecule has 0 spiro atoms. The van der Waals surface area contributed by atoms with Gasteiger partial charge in [0, 0.05) is 53.1 Å². The van der Waals surface area contributed by atoms with Crippen LogP contribution in [0.4, 0.5) is 0 Å². The molecule has 0 saturated carbocycles. The topological polar surface area (TPSA) is 161 Å². The lowest BCUT2D eigenvalue weighted by atomic mass is 9.95. The average Bonchev–Trinajstić information content (AvgIpc) is 3.59. The molecular formula is C33H36N4O6. The van der Waals surface area contributed by atoms with Gasteiger partial charge < -0.3 is 25.8 Å². The number of hydrogen-bond donors (Lipinski definition) is 5. The Morgan fingerprint density at radius 1 is 0.884 bits per heavy atom. The van der Waals surface area contributed by atoms with E-state index in [1.807, 2.05) is 26.8 Å². The monoisotopic (exact) mass is 584 g/mol. The highest BCUT2D eigenvalue weighted by atomic mass is 16.4. The molecule has 0 aliphatic carbocycles. The van der Waals surface area contributed by atoms with Crippen molar-refractivity contribution < 1.29 is 29.4 Å². The van der Waals surface area contributed by atoms with Gasteiger partial charge in [0.1, 0.15) is 0 Å². The number of allylic oxidation sites excluding steroid dienone is 3. The van der Waals surface area contributed by atoms with Gasteiger partial charge in [-0.25, -0.2) is 0 Å². The number of nitrogens with zero attached hydrogens (tertiary/aromatic N) is 1. The van der Waals surface area contributed by atoms with Crippen LogP contribution in [-0.2, 0) is 25.6 Å². The minimum atomic E-state index is -0.936. The Labute approximate surface area is 250 Å². The molecule has 2 amide bonds. The number of rotatable bonds is 12. The first kappa shape index (κ1) is 31.0. The smallest absolute Gasteiger partial charge is 0.303 e. The highest BCUT2D eigenvalue weighted by Gasteiger charge is 2.31. The second-order valence-corrected chi connectivity index (χ2v) is 10.8. The summed E-state index contributed by atoms with van der Waals surface area (Å²) in [5, 5.41) is 24.7. The molecule has 0 radical (unpaired) electrons. The number of carboxylic acids is 2. The van der Waals surface area contributed by atoms with Crippen molar-refractivity contribution in [3.05, 3.63) is 92.7 Å². The molecule has 1 atom stereocenters. The summed E-state index contributed by atoms with van der Waals surface area (Å²) < 4.78 is 0. The van der Waals surface area contributed by atoms with E-state index in [2.05, 4.69) is 28.8 Å². The molecular weight excluding hydrogens is 548 g/mol. The van der Waals surface area contributed by atoms with Crippen molar-refractivity contribution in [2.45, 2.75) is 65.8 Å². The number of nitrogens with one attached hydrogen (secondary N) is 3. The van der Waals surface area contributed by atoms with Crippen molar-refractivity contribution in [1.82, 2.24) is 15.6 Å². The molecule has 3 aliphatic rings. The Balaban J connectivity index is 1.80. The van der Waals surface area contributed by atoms with Crippen LogP contribution in [0, 0.1) is 6.92 Å². The molecule has 1 aromatic heterocycles. The molecule has 4 rings (SSSR count). The van der Waals surface area contributed by atoms with Gasteiger partial charge in [0.25, 0.3) is 11.8 Å². The number of carbonyl (C=O) groups excluding carboxylic acids is 2. The molecule has 0 aromatic carbocycles. The fourth-order valence-corrected chi connectivity index (χ4v) is 5.66. The van der Waals surface area contributed by atoms with Crippen molar-refractivity contribution >= 4 is 41.6 Å². The van der Waals surface area contributed by atoms with Gasteiger partial charge in [-0.3, -0.25) is 24.2 Å². The molecule has 4 heterocycles. The van der Waals surface area contributed by atoms with Crippen LogP contribution in [0.1, 0.15) is 69.0 Å². The van der Waals surface area contributed by atoms with E-state index in [0.29, 0.717) is 45.9 Å². The predicted molar refractivity (Wildman–Crippen MR) is 165 cm³/mol. The summed E-state index contributed by atoms with van der Waals surface area (Å²) in [5.74, 6) is -2.26. The average molecular weight is 585 g/mol. The maximum absolute atomic E-state index is 12.4. The van der Waals surface area contributed by atoms with Gasteiger partial charge in [-0.05, 0) is 80.5 Å². The van der Waals surface area contributed by atoms with Crippen LogP contribution in [0.3, 0.4) is 0 Å². The third-order valence-electron chi connectivity index (χ3n) is 8.23. The minimum absolute atomic E-state index is 0.0881. The van der Waals surface area contributed by atoms with Gasteiger partial charge in [-0.1, -0.05) is 25.3 Å². The standard InChI is InChI=1S/C33H36N4O6/c1-7-20-19(6)32(42)37-27(20)14-25-18(5)23(10-12-31(40)41)29(35-25)15-28-22(9-11-30(38)39)17(4)24(34-28)13-26-16(3)21(8-2)33(43)36-26/h7-8,14-15,26,35H,1-2,9-13H2,3-6H3,(H,36,43)(H,37,42)(H,38,39)(H,40,41)/b27-14-,28-15-/t26-/m1/s1. The van der Waals surface area contributed by atoms with Crippen LogP contribution < -0.4 is 10.6 Å². The zero-order valence-electron chi connectivity index (χ0n) is 24.8. The highest BCUT2D eigenvalue weighted by Crippen LogP contribution is 2.35. The van der Waals surface area contributed by atoms with Gasteiger partial charge >= 0.3 is 11.9 Å². The molecule has 0 unspecified atom stereocenters. The van der Waals surface area contributed by atoms with Crippen LogP contribution in [0.25, 0.3) is 12.2 Å². The molecule has 10 heteroatoms. The van der Waals surface area contributed by atoms with Crippen LogP contribution >= 0.6 is 0 Å². The summed E-state index contributed by atoms with van der Waals surface area (Å²) in [6, 6.07) is -0.261. The van der Waals surface area contributed by atoms with Crippen LogP contribution in [0.2, 0.25) is 0 Å². The number of carbonyl (C=O) groups is 4. The van der Waals surface area contributed by atoms with Crippen LogP contribution in [0.15, 0.2) is 75.1 Å². The van der Waals surface area contributed by atoms with Crippen molar-refractivity contribution in [1.29, 1.82) is 0 Å². The Morgan fingerprint density at radius 3 is 2.14 bits per heavy atom. The van der Waals surface area contributed by atoms with Crippen molar-refractivity contribution in [2.75, 3.05) is 0 Å². The molecule has 0 saturated heterocycles. The lowest BCUT2D eigenvalue weighted by Gasteiger charge is -2.13. The zero-order valence-corrected chi connectivity index (χ0v) is 24.8. The lowest BCUT2D eigenvalue weighted by Crippen LogP contribution is -2.30. The van der Waals surface area contributed by atoms with Crippen LogP contribution in [0.5, 0.6) is 0 Å². The number of aromatic nitrogens is 1. The van der Waals surface area contributed by atoms with E-state index in [0.717, 1.165) is 33.6 Å². The summed E-state index contributed by atoms with van der Waals surface area (Å²) in [6.07, 6.45) is 7.54. The number of carboxylic acid groups (broad SMARTS) is 2. The van der Waals surface area contributed by atoms with E-state index >= 15 is 0 Å². The first-order valence-electron chi connectivity index (χ1n) is 14.0. The molecule has 5 N–H and O–H groups in total. The zero-order chi connectivity index (χ0) is 31.6. The van der Waals surface area contributed by atoms with Gasteiger partial charge in [0.05, 0.1) is 17.4 Å². The predicted octanol–water partition coefficient (Wildman–Crippen LogP) is 4.68. The number of aliphatic carboxylic acids is 2. The maximum Gasteiger partial charge on any atom is 0.303 e. The Bertz CT molecular complexity index is 1660. The minimum Gasteiger partial charge on any atom is -0.481 e. The Morgan fingerprint density at radius 2 is 1.53 bits per heavy atom. The highest BCUT2D eigenvalue weighted by molar-refractivity contribution is 6.07. The fraction of sp³-hybridized carbons (Fsp3) is 0.303. The first-order valence-corrected chi connectivity index (χ1v) is 14.0. The molecule has 0 fully saturated rings. The number of hydrogen-bond acceptors (Lipinski definition) is 5. The largest absolute Gasteiger partial charge is 0.481 e. The van der Waals surface area contributed by atoms with E-state index in [4.69, 9.17) is 4.99 Å². The number of amides is 2. The van der Waals surface area contributed by atoms with Gasteiger partial charge in [-0.2, -0.15) is 0 Å². The lowest BCUT2D eigenvalue weighted by molar-refractivity contribution is -0.138. The van der Waals surface area contributed by atoms with E-state index in [-0.39, 0.29) is 43.5 Å². The number of aliphatic imine (C=N–C) groups is 1. The second kappa shape index (κ2) is 12.5. The molecule has 43 heavy (non-hydrogen) atoms. The normalized spacial score (nSPS) is 20.4. The quantitative estimate of drug-likeness (QED) is 0.240. The van der Waals surface area contributed by atoms with Crippen molar-refractivity contribution in [3.63, 3.8) is 0 Å². The fourth-order valence-electron chi connectivity index (χ4n) is 5.66. The van der Waals surface area contributed by atoms with Crippen molar-refractivity contribution in [3.8, 4) is 0 Å². The van der Waals surface area contributed by atoms with Crippen molar-refractivity contribution in [2.24, 2.45) is 4.99 Å². The third kappa shape index (κ3) is 6.28. The first-order chi connectivity index (χ1) is 20.4. The van der Waals surface area contributed by atoms with E-state index < -0.39 is 11.9 Å². The molecule has 3 aliphatic heterocycles. The summed E-state index contributed by atoms with van der Waals surface area (Å²) >= 11 is 0. The van der Waals surface area contributed by atoms with Gasteiger partial charge in [0.15, 0.2) is 0 Å². The SMILES string of the molecule is C=CC1=C(C)[C@@H](CC2=N/C(=C\c3[nH]c(/C=C4\NC(=O)C(C)=C4C=C)c(C)c3CCC(=O)O)C(CCC(=O)O)=C2C)NC1=O. The van der Waals surface area contributed by atoms with Gasteiger partial charge in [0.2, 0.25) is 0 Å². The molecule has 10 nitrogen and oxygen atoms in total. The van der Waals surface area contributed by atoms with E-state index in [9.17, 15) is 29.4 Å². The Hall–Kier alpha value is -4.99. The summed E-state index contributed by atoms with van der Waals surface area (Å²) in [7, 11) is 0. The molecule has 1 aromatic rings. The Kier molecular flexibility index (Phi) is 8.99. The van der Waals surface area contributed by atoms with Gasteiger partial charge in [-0.15, -0.1) is 0 Å². The summed E-state index contributed by atoms with van der Waals surface area (Å²) in [5.41, 5.74) is 9.14. The van der Waals surface area contributed by atoms with Crippen LogP contribution in [-0.4, -0.2) is 50.7 Å².